The molecule has 0 unspecified atom stereocenters. The maximum absolute atomic E-state index is 11.5. The summed E-state index contributed by atoms with van der Waals surface area (Å²) in [5, 5.41) is 2.73. The van der Waals surface area contributed by atoms with Crippen molar-refractivity contribution in [3.05, 3.63) is 42.1 Å². The number of para-hydroxylation sites is 1. The number of hydroxylamine groups is 1. The molecule has 1 aromatic carbocycles. The van der Waals surface area contributed by atoms with Crippen LogP contribution in [-0.2, 0) is 9.63 Å². The van der Waals surface area contributed by atoms with Crippen molar-refractivity contribution in [3.63, 3.8) is 0 Å². The van der Waals surface area contributed by atoms with Crippen molar-refractivity contribution in [3.8, 4) is 0 Å². The first-order valence-electron chi connectivity index (χ1n) is 4.30. The van der Waals surface area contributed by atoms with Gasteiger partial charge in [0.2, 0.25) is 0 Å². The van der Waals surface area contributed by atoms with E-state index in [0.717, 1.165) is 5.69 Å². The highest BCUT2D eigenvalue weighted by molar-refractivity contribution is 6.03. The van der Waals surface area contributed by atoms with Crippen LogP contribution in [0.3, 0.4) is 0 Å². The van der Waals surface area contributed by atoms with Gasteiger partial charge in [-0.3, -0.25) is 15.1 Å². The monoisotopic (exact) mass is 190 g/mol. The molecule has 1 amide bonds. The maximum atomic E-state index is 11.5. The Morgan fingerprint density at radius 2 is 2.14 bits per heavy atom. The minimum absolute atomic E-state index is 0.186. The quantitative estimate of drug-likeness (QED) is 0.732. The van der Waals surface area contributed by atoms with Crippen LogP contribution in [0.15, 0.2) is 42.1 Å². The number of anilines is 1. The van der Waals surface area contributed by atoms with Gasteiger partial charge in [-0.25, -0.2) is 0 Å². The van der Waals surface area contributed by atoms with Gasteiger partial charge in [-0.15, -0.1) is 0 Å². The van der Waals surface area contributed by atoms with E-state index in [-0.39, 0.29) is 5.91 Å². The zero-order valence-electron chi connectivity index (χ0n) is 7.49. The molecule has 1 aromatic rings. The molecule has 72 valence electrons. The molecule has 4 heteroatoms. The van der Waals surface area contributed by atoms with Gasteiger partial charge in [-0.1, -0.05) is 18.2 Å². The topological polar surface area (TPSA) is 50.4 Å². The first kappa shape index (κ1) is 8.77. The Kier molecular flexibility index (Phi) is 2.46. The third kappa shape index (κ3) is 1.92. The normalized spacial score (nSPS) is 14.4. The second kappa shape index (κ2) is 3.93. The summed E-state index contributed by atoms with van der Waals surface area (Å²) in [5.74, 6) is -0.186. The van der Waals surface area contributed by atoms with E-state index < -0.39 is 0 Å². The van der Waals surface area contributed by atoms with E-state index in [9.17, 15) is 4.79 Å². The van der Waals surface area contributed by atoms with Crippen molar-refractivity contribution in [1.82, 2.24) is 5.48 Å². The predicted octanol–water partition coefficient (Wildman–Crippen LogP) is 1.04. The molecule has 0 atom stereocenters. The van der Waals surface area contributed by atoms with Crippen molar-refractivity contribution < 1.29 is 9.63 Å². The van der Waals surface area contributed by atoms with Gasteiger partial charge in [0, 0.05) is 5.69 Å². The van der Waals surface area contributed by atoms with Gasteiger partial charge in [-0.2, -0.15) is 0 Å². The minimum atomic E-state index is -0.186. The molecule has 4 nitrogen and oxygen atoms in total. The lowest BCUT2D eigenvalue weighted by Crippen LogP contribution is -2.21. The number of nitrogens with one attached hydrogen (secondary N) is 2. The van der Waals surface area contributed by atoms with E-state index in [2.05, 4.69) is 10.8 Å². The smallest absolute Gasteiger partial charge is 0.273 e. The van der Waals surface area contributed by atoms with Gasteiger partial charge in [0.1, 0.15) is 5.70 Å². The van der Waals surface area contributed by atoms with Crippen molar-refractivity contribution in [2.75, 3.05) is 11.9 Å². The van der Waals surface area contributed by atoms with E-state index in [1.165, 1.54) is 0 Å². The summed E-state index contributed by atoms with van der Waals surface area (Å²) in [6, 6.07) is 9.28. The molecule has 2 rings (SSSR count). The highest BCUT2D eigenvalue weighted by Crippen LogP contribution is 2.07. The summed E-state index contributed by atoms with van der Waals surface area (Å²) in [7, 11) is 0. The Balaban J connectivity index is 2.01. The number of carbonyl (C=O) groups excluding carboxylic acids is 1. The second-order valence-corrected chi connectivity index (χ2v) is 2.85. The zero-order valence-corrected chi connectivity index (χ0v) is 7.49. The standard InChI is InChI=1S/C10H10N2O2/c13-10(9-6-7-14-12-9)11-8-4-2-1-3-5-8/h1-6,12H,7H2,(H,11,13). The number of carbonyl (C=O) groups is 1. The SMILES string of the molecule is O=C(Nc1ccccc1)C1=CCON1. The van der Waals surface area contributed by atoms with E-state index in [4.69, 9.17) is 4.84 Å². The van der Waals surface area contributed by atoms with Crippen LogP contribution in [0.1, 0.15) is 0 Å². The average Bonchev–Trinajstić information content (AvgIpc) is 2.72. The van der Waals surface area contributed by atoms with Crippen LogP contribution >= 0.6 is 0 Å². The molecule has 0 saturated heterocycles. The molecule has 0 fully saturated rings. The Hall–Kier alpha value is -1.81. The van der Waals surface area contributed by atoms with Crippen LogP contribution in [0.5, 0.6) is 0 Å². The Bertz CT molecular complexity index is 360. The fraction of sp³-hybridized carbons (Fsp3) is 0.100. The molecule has 1 aliphatic rings. The molecule has 0 radical (unpaired) electrons. The van der Waals surface area contributed by atoms with Crippen LogP contribution in [-0.4, -0.2) is 12.5 Å². The van der Waals surface area contributed by atoms with Crippen molar-refractivity contribution >= 4 is 11.6 Å². The summed E-state index contributed by atoms with van der Waals surface area (Å²) in [6.07, 6.45) is 1.69. The van der Waals surface area contributed by atoms with Gasteiger partial charge in [0.05, 0.1) is 6.61 Å². The lowest BCUT2D eigenvalue weighted by molar-refractivity contribution is -0.114. The zero-order chi connectivity index (χ0) is 9.80. The molecule has 0 aromatic heterocycles. The lowest BCUT2D eigenvalue weighted by atomic mass is 10.3. The number of rotatable bonds is 2. The maximum Gasteiger partial charge on any atom is 0.273 e. The van der Waals surface area contributed by atoms with Crippen LogP contribution in [0.25, 0.3) is 0 Å². The number of hydrogen-bond acceptors (Lipinski definition) is 3. The van der Waals surface area contributed by atoms with Crippen molar-refractivity contribution in [1.29, 1.82) is 0 Å². The van der Waals surface area contributed by atoms with Gasteiger partial charge in [0.15, 0.2) is 0 Å². The molecular weight excluding hydrogens is 180 g/mol. The Labute approximate surface area is 81.5 Å². The number of amides is 1. The summed E-state index contributed by atoms with van der Waals surface area (Å²) in [5.41, 5.74) is 3.75. The number of hydrogen-bond donors (Lipinski definition) is 2. The van der Waals surface area contributed by atoms with E-state index in [1.54, 1.807) is 6.08 Å². The highest BCUT2D eigenvalue weighted by Gasteiger charge is 2.12. The largest absolute Gasteiger partial charge is 0.321 e. The summed E-state index contributed by atoms with van der Waals surface area (Å²) in [4.78, 5) is 16.3. The molecular formula is C10H10N2O2. The highest BCUT2D eigenvalue weighted by atomic mass is 16.6. The average molecular weight is 190 g/mol. The van der Waals surface area contributed by atoms with Gasteiger partial charge >= 0.3 is 0 Å². The molecule has 1 heterocycles. The fourth-order valence-electron chi connectivity index (χ4n) is 1.15. The van der Waals surface area contributed by atoms with Gasteiger partial charge in [0.25, 0.3) is 5.91 Å². The molecule has 2 N–H and O–H groups in total. The third-order valence-electron chi connectivity index (χ3n) is 1.83. The number of benzene rings is 1. The van der Waals surface area contributed by atoms with E-state index >= 15 is 0 Å². The summed E-state index contributed by atoms with van der Waals surface area (Å²) in [6.45, 7) is 0.428. The van der Waals surface area contributed by atoms with Crippen LogP contribution in [0.4, 0.5) is 5.69 Å². The molecule has 0 spiro atoms. The van der Waals surface area contributed by atoms with Crippen LogP contribution in [0, 0.1) is 0 Å². The first-order chi connectivity index (χ1) is 6.86. The predicted molar refractivity (Wildman–Crippen MR) is 52.2 cm³/mol. The summed E-state index contributed by atoms with van der Waals surface area (Å²) < 4.78 is 0. The Morgan fingerprint density at radius 3 is 2.79 bits per heavy atom. The molecule has 0 saturated carbocycles. The Morgan fingerprint density at radius 1 is 1.36 bits per heavy atom. The van der Waals surface area contributed by atoms with Crippen LogP contribution < -0.4 is 10.8 Å². The second-order valence-electron chi connectivity index (χ2n) is 2.85. The minimum Gasteiger partial charge on any atom is -0.321 e. The van der Waals surface area contributed by atoms with Gasteiger partial charge in [-0.05, 0) is 18.2 Å². The van der Waals surface area contributed by atoms with Gasteiger partial charge < -0.3 is 5.32 Å². The lowest BCUT2D eigenvalue weighted by Gasteiger charge is -2.05. The fourth-order valence-corrected chi connectivity index (χ4v) is 1.15. The molecule has 0 aliphatic carbocycles. The van der Waals surface area contributed by atoms with E-state index in [1.807, 2.05) is 30.3 Å². The third-order valence-corrected chi connectivity index (χ3v) is 1.83. The molecule has 0 bridgehead atoms. The summed E-state index contributed by atoms with van der Waals surface area (Å²) >= 11 is 0. The van der Waals surface area contributed by atoms with Crippen molar-refractivity contribution in [2.45, 2.75) is 0 Å². The molecule has 14 heavy (non-hydrogen) atoms. The van der Waals surface area contributed by atoms with E-state index in [0.29, 0.717) is 12.3 Å². The van der Waals surface area contributed by atoms with Crippen molar-refractivity contribution in [2.24, 2.45) is 0 Å². The van der Waals surface area contributed by atoms with Crippen LogP contribution in [0.2, 0.25) is 0 Å². The molecule has 1 aliphatic heterocycles. The first-order valence-corrected chi connectivity index (χ1v) is 4.30.